The third kappa shape index (κ3) is 2.21. The van der Waals surface area contributed by atoms with Crippen LogP contribution in [0.15, 0.2) is 30.6 Å². The molecule has 2 bridgehead atoms. The summed E-state index contributed by atoms with van der Waals surface area (Å²) in [6, 6.07) is 5.69. The third-order valence-corrected chi connectivity index (χ3v) is 4.63. The lowest BCUT2D eigenvalue weighted by atomic mass is 9.84. The van der Waals surface area contributed by atoms with Gasteiger partial charge in [0.1, 0.15) is 0 Å². The van der Waals surface area contributed by atoms with Crippen molar-refractivity contribution in [2.24, 2.45) is 0 Å². The van der Waals surface area contributed by atoms with Crippen molar-refractivity contribution < 1.29 is 8.78 Å². The molecule has 21 heavy (non-hydrogen) atoms. The SMILES string of the molecule is Fc1cc(-c2cc(C3CC4CCC3N4)cnc2F)ccn1. The highest BCUT2D eigenvalue weighted by Gasteiger charge is 2.39. The van der Waals surface area contributed by atoms with Crippen LogP contribution in [-0.4, -0.2) is 22.1 Å². The molecule has 1 N–H and O–H groups in total. The van der Waals surface area contributed by atoms with Gasteiger partial charge < -0.3 is 5.32 Å². The molecule has 0 aromatic carbocycles. The Balaban J connectivity index is 1.73. The van der Waals surface area contributed by atoms with Gasteiger partial charge in [0, 0.05) is 42.0 Å². The summed E-state index contributed by atoms with van der Waals surface area (Å²) in [7, 11) is 0. The average Bonchev–Trinajstić information content (AvgIpc) is 3.10. The van der Waals surface area contributed by atoms with Gasteiger partial charge in [-0.05, 0) is 42.5 Å². The van der Waals surface area contributed by atoms with Gasteiger partial charge in [-0.1, -0.05) is 0 Å². The molecule has 2 aromatic rings. The van der Waals surface area contributed by atoms with E-state index in [4.69, 9.17) is 0 Å². The fourth-order valence-corrected chi connectivity index (χ4v) is 3.63. The lowest BCUT2D eigenvalue weighted by Crippen LogP contribution is -2.21. The molecule has 3 unspecified atom stereocenters. The molecular weight excluding hydrogens is 272 g/mol. The van der Waals surface area contributed by atoms with Gasteiger partial charge in [-0.2, -0.15) is 8.78 Å². The summed E-state index contributed by atoms with van der Waals surface area (Å²) in [4.78, 5) is 7.38. The molecule has 4 rings (SSSR count). The fourth-order valence-electron chi connectivity index (χ4n) is 3.63. The highest BCUT2D eigenvalue weighted by Crippen LogP contribution is 2.40. The quantitative estimate of drug-likeness (QED) is 0.863. The topological polar surface area (TPSA) is 37.8 Å². The van der Waals surface area contributed by atoms with Gasteiger partial charge in [0.25, 0.3) is 0 Å². The number of hydrogen-bond donors (Lipinski definition) is 1. The van der Waals surface area contributed by atoms with E-state index in [0.29, 0.717) is 29.1 Å². The zero-order valence-electron chi connectivity index (χ0n) is 11.4. The van der Waals surface area contributed by atoms with Crippen molar-refractivity contribution in [2.75, 3.05) is 0 Å². The molecule has 0 amide bonds. The second kappa shape index (κ2) is 4.84. The lowest BCUT2D eigenvalue weighted by molar-refractivity contribution is 0.502. The summed E-state index contributed by atoms with van der Waals surface area (Å²) >= 11 is 0. The van der Waals surface area contributed by atoms with E-state index in [9.17, 15) is 8.78 Å². The van der Waals surface area contributed by atoms with E-state index >= 15 is 0 Å². The number of pyridine rings is 2. The molecule has 0 spiro atoms. The van der Waals surface area contributed by atoms with Crippen LogP contribution < -0.4 is 5.32 Å². The highest BCUT2D eigenvalue weighted by molar-refractivity contribution is 5.63. The van der Waals surface area contributed by atoms with Crippen LogP contribution >= 0.6 is 0 Å². The van der Waals surface area contributed by atoms with Crippen molar-refractivity contribution in [1.82, 2.24) is 15.3 Å². The molecule has 2 aromatic heterocycles. The van der Waals surface area contributed by atoms with E-state index < -0.39 is 11.9 Å². The van der Waals surface area contributed by atoms with E-state index in [1.165, 1.54) is 18.7 Å². The van der Waals surface area contributed by atoms with Gasteiger partial charge in [-0.15, -0.1) is 0 Å². The maximum Gasteiger partial charge on any atom is 0.220 e. The number of halogens is 2. The van der Waals surface area contributed by atoms with E-state index in [1.807, 2.05) is 6.07 Å². The smallest absolute Gasteiger partial charge is 0.220 e. The summed E-state index contributed by atoms with van der Waals surface area (Å²) in [5.41, 5.74) is 1.85. The summed E-state index contributed by atoms with van der Waals surface area (Å²) in [6.45, 7) is 0. The second-order valence-corrected chi connectivity index (χ2v) is 5.86. The first-order valence-corrected chi connectivity index (χ1v) is 7.24. The van der Waals surface area contributed by atoms with Gasteiger partial charge in [-0.3, -0.25) is 0 Å². The predicted octanol–water partition coefficient (Wildman–Crippen LogP) is 3.03. The number of rotatable bonds is 2. The first-order chi connectivity index (χ1) is 10.2. The van der Waals surface area contributed by atoms with Crippen molar-refractivity contribution in [2.45, 2.75) is 37.3 Å². The molecule has 2 fully saturated rings. The number of fused-ring (bicyclic) bond motifs is 2. The van der Waals surface area contributed by atoms with Crippen LogP contribution in [0.5, 0.6) is 0 Å². The summed E-state index contributed by atoms with van der Waals surface area (Å²) < 4.78 is 27.2. The Labute approximate surface area is 121 Å². The van der Waals surface area contributed by atoms with Crippen LogP contribution in [0, 0.1) is 11.9 Å². The van der Waals surface area contributed by atoms with E-state index in [2.05, 4.69) is 15.3 Å². The maximum atomic E-state index is 14.0. The van der Waals surface area contributed by atoms with Gasteiger partial charge in [0.2, 0.25) is 11.9 Å². The van der Waals surface area contributed by atoms with Gasteiger partial charge in [0.15, 0.2) is 0 Å². The van der Waals surface area contributed by atoms with Crippen molar-refractivity contribution in [3.8, 4) is 11.1 Å². The number of nitrogens with one attached hydrogen (secondary N) is 1. The number of nitrogens with zero attached hydrogens (tertiary/aromatic N) is 2. The highest BCUT2D eigenvalue weighted by atomic mass is 19.1. The monoisotopic (exact) mass is 287 g/mol. The number of aromatic nitrogens is 2. The Kier molecular flexibility index (Phi) is 2.96. The van der Waals surface area contributed by atoms with Crippen molar-refractivity contribution >= 4 is 0 Å². The van der Waals surface area contributed by atoms with Crippen LogP contribution in [0.2, 0.25) is 0 Å². The average molecular weight is 287 g/mol. The first-order valence-electron chi connectivity index (χ1n) is 7.24. The molecule has 0 aliphatic carbocycles. The Morgan fingerprint density at radius 1 is 1.14 bits per heavy atom. The van der Waals surface area contributed by atoms with Gasteiger partial charge >= 0.3 is 0 Å². The van der Waals surface area contributed by atoms with E-state index in [1.54, 1.807) is 12.3 Å². The molecule has 2 saturated heterocycles. The molecular formula is C16H15F2N3. The molecule has 2 aliphatic heterocycles. The molecule has 0 saturated carbocycles. The predicted molar refractivity (Wildman–Crippen MR) is 74.7 cm³/mol. The standard InChI is InChI=1S/C16H15F2N3/c17-15-6-9(3-4-19-15)13-5-10(8-20-16(13)18)12-7-11-1-2-14(12)21-11/h3-6,8,11-12,14,21H,1-2,7H2. The van der Waals surface area contributed by atoms with Crippen LogP contribution in [0.25, 0.3) is 11.1 Å². The Hall–Kier alpha value is -1.88. The zero-order valence-corrected chi connectivity index (χ0v) is 11.4. The minimum atomic E-state index is -0.612. The van der Waals surface area contributed by atoms with Gasteiger partial charge in [-0.25, -0.2) is 9.97 Å². The normalized spacial score (nSPS) is 27.2. The van der Waals surface area contributed by atoms with Crippen molar-refractivity contribution in [3.63, 3.8) is 0 Å². The minimum absolute atomic E-state index is 0.344. The van der Waals surface area contributed by atoms with Crippen molar-refractivity contribution in [3.05, 3.63) is 48.1 Å². The van der Waals surface area contributed by atoms with Crippen LogP contribution in [0.1, 0.15) is 30.7 Å². The van der Waals surface area contributed by atoms with Crippen molar-refractivity contribution in [1.29, 1.82) is 0 Å². The summed E-state index contributed by atoms with van der Waals surface area (Å²) in [5.74, 6) is -0.804. The van der Waals surface area contributed by atoms with E-state index in [-0.39, 0.29) is 0 Å². The van der Waals surface area contributed by atoms with E-state index in [0.717, 1.165) is 18.4 Å². The zero-order chi connectivity index (χ0) is 14.4. The number of hydrogen-bond acceptors (Lipinski definition) is 3. The Morgan fingerprint density at radius 2 is 2.05 bits per heavy atom. The third-order valence-electron chi connectivity index (χ3n) is 4.63. The molecule has 2 aliphatic rings. The molecule has 4 heterocycles. The molecule has 3 atom stereocenters. The first kappa shape index (κ1) is 12.8. The van der Waals surface area contributed by atoms with Crippen LogP contribution in [-0.2, 0) is 0 Å². The fraction of sp³-hybridized carbons (Fsp3) is 0.375. The summed E-state index contributed by atoms with van der Waals surface area (Å²) in [6.07, 6.45) is 6.41. The molecule has 108 valence electrons. The molecule has 3 nitrogen and oxygen atoms in total. The second-order valence-electron chi connectivity index (χ2n) is 5.86. The van der Waals surface area contributed by atoms with Gasteiger partial charge in [0.05, 0.1) is 0 Å². The summed E-state index contributed by atoms with van der Waals surface area (Å²) in [5, 5.41) is 3.57. The Morgan fingerprint density at radius 3 is 2.76 bits per heavy atom. The molecule has 5 heteroatoms. The largest absolute Gasteiger partial charge is 0.311 e. The van der Waals surface area contributed by atoms with Crippen LogP contribution in [0.4, 0.5) is 8.78 Å². The lowest BCUT2D eigenvalue weighted by Gasteiger charge is -2.20. The maximum absolute atomic E-state index is 14.0. The Bertz CT molecular complexity index is 689. The van der Waals surface area contributed by atoms with Crippen LogP contribution in [0.3, 0.4) is 0 Å². The molecule has 0 radical (unpaired) electrons. The minimum Gasteiger partial charge on any atom is -0.311 e.